The van der Waals surface area contributed by atoms with Gasteiger partial charge in [-0.05, 0) is 60.4 Å². The van der Waals surface area contributed by atoms with Gasteiger partial charge in [0.25, 0.3) is 0 Å². The highest BCUT2D eigenvalue weighted by Crippen LogP contribution is 2.22. The van der Waals surface area contributed by atoms with Gasteiger partial charge in [0.05, 0.1) is 5.56 Å². The molecule has 0 saturated heterocycles. The van der Waals surface area contributed by atoms with Gasteiger partial charge in [0, 0.05) is 0 Å². The van der Waals surface area contributed by atoms with Crippen molar-refractivity contribution in [2.75, 3.05) is 13.2 Å². The zero-order valence-electron chi connectivity index (χ0n) is 16.8. The first-order valence-corrected chi connectivity index (χ1v) is 9.88. The number of carbonyl (C=O) groups excluding carboxylic acids is 1. The topological polar surface area (TPSA) is 44.8 Å². The average Bonchev–Trinajstić information content (AvgIpc) is 2.77. The van der Waals surface area contributed by atoms with E-state index in [1.807, 2.05) is 54.6 Å². The molecule has 3 aromatic carbocycles. The summed E-state index contributed by atoms with van der Waals surface area (Å²) in [5.74, 6) is 2.01. The van der Waals surface area contributed by atoms with Gasteiger partial charge in [-0.25, -0.2) is 4.79 Å². The number of hydrogen-bond donors (Lipinski definition) is 0. The zero-order valence-corrected chi connectivity index (χ0v) is 16.8. The van der Waals surface area contributed by atoms with Crippen molar-refractivity contribution in [2.24, 2.45) is 0 Å². The van der Waals surface area contributed by atoms with Gasteiger partial charge in [0.1, 0.15) is 30.5 Å². The summed E-state index contributed by atoms with van der Waals surface area (Å²) in [5.41, 5.74) is 1.68. The van der Waals surface area contributed by atoms with Crippen LogP contribution < -0.4 is 14.2 Å². The van der Waals surface area contributed by atoms with Gasteiger partial charge in [0.2, 0.25) is 0 Å². The summed E-state index contributed by atoms with van der Waals surface area (Å²) in [6, 6.07) is 24.2. The molecule has 150 valence electrons. The van der Waals surface area contributed by atoms with Gasteiger partial charge in [-0.3, -0.25) is 0 Å². The summed E-state index contributed by atoms with van der Waals surface area (Å²) in [6.45, 7) is 5.13. The molecule has 0 aliphatic heterocycles. The van der Waals surface area contributed by atoms with E-state index >= 15 is 0 Å². The maximum absolute atomic E-state index is 12.5. The van der Waals surface area contributed by atoms with Gasteiger partial charge in [-0.1, -0.05) is 50.2 Å². The first-order valence-electron chi connectivity index (χ1n) is 9.88. The minimum Gasteiger partial charge on any atom is -0.490 e. The van der Waals surface area contributed by atoms with Gasteiger partial charge in [-0.2, -0.15) is 0 Å². The van der Waals surface area contributed by atoms with Crippen LogP contribution in [0.5, 0.6) is 17.2 Å². The number of esters is 1. The Bertz CT molecular complexity index is 904. The molecule has 4 heteroatoms. The fraction of sp³-hybridized carbons (Fsp3) is 0.240. The van der Waals surface area contributed by atoms with Crippen LogP contribution in [-0.2, 0) is 0 Å². The third kappa shape index (κ3) is 6.11. The van der Waals surface area contributed by atoms with E-state index in [1.54, 1.807) is 24.3 Å². The Labute approximate surface area is 172 Å². The molecule has 0 bridgehead atoms. The highest BCUT2D eigenvalue weighted by atomic mass is 16.5. The molecule has 0 saturated carbocycles. The molecule has 29 heavy (non-hydrogen) atoms. The molecule has 0 radical (unpaired) electrons. The van der Waals surface area contributed by atoms with E-state index in [4.69, 9.17) is 14.2 Å². The Morgan fingerprint density at radius 3 is 2.14 bits per heavy atom. The number of carbonyl (C=O) groups is 1. The molecule has 1 atom stereocenters. The third-order valence-corrected chi connectivity index (χ3v) is 4.71. The average molecular weight is 390 g/mol. The van der Waals surface area contributed by atoms with E-state index < -0.39 is 5.97 Å². The van der Waals surface area contributed by atoms with E-state index in [0.717, 1.165) is 12.2 Å². The molecule has 0 heterocycles. The van der Waals surface area contributed by atoms with Crippen molar-refractivity contribution in [1.29, 1.82) is 0 Å². The minimum absolute atomic E-state index is 0.379. The van der Waals surface area contributed by atoms with Gasteiger partial charge < -0.3 is 14.2 Å². The molecule has 0 amide bonds. The molecule has 0 N–H and O–H groups in total. The zero-order chi connectivity index (χ0) is 20.5. The summed E-state index contributed by atoms with van der Waals surface area (Å²) in [7, 11) is 0. The molecule has 1 unspecified atom stereocenters. The SMILES string of the molecule is CCC(C)c1ccc(OC(=O)c2cccc(OCCOc3ccccc3)c2)cc1. The third-order valence-electron chi connectivity index (χ3n) is 4.71. The predicted molar refractivity (Wildman–Crippen MR) is 114 cm³/mol. The molecule has 0 aliphatic rings. The second-order valence-corrected chi connectivity index (χ2v) is 6.81. The summed E-state index contributed by atoms with van der Waals surface area (Å²) in [6.07, 6.45) is 1.07. The fourth-order valence-corrected chi connectivity index (χ4v) is 2.81. The summed E-state index contributed by atoms with van der Waals surface area (Å²) in [5, 5.41) is 0. The van der Waals surface area contributed by atoms with Crippen LogP contribution in [0.3, 0.4) is 0 Å². The van der Waals surface area contributed by atoms with Crippen LogP contribution in [0, 0.1) is 0 Å². The number of benzene rings is 3. The van der Waals surface area contributed by atoms with Crippen LogP contribution >= 0.6 is 0 Å². The van der Waals surface area contributed by atoms with Gasteiger partial charge in [-0.15, -0.1) is 0 Å². The van der Waals surface area contributed by atoms with Crippen LogP contribution in [0.15, 0.2) is 78.9 Å². The maximum Gasteiger partial charge on any atom is 0.343 e. The van der Waals surface area contributed by atoms with Crippen LogP contribution in [0.4, 0.5) is 0 Å². The summed E-state index contributed by atoms with van der Waals surface area (Å²) >= 11 is 0. The van der Waals surface area contributed by atoms with Crippen LogP contribution in [0.1, 0.15) is 42.1 Å². The lowest BCUT2D eigenvalue weighted by Crippen LogP contribution is -2.11. The molecular formula is C25H26O4. The van der Waals surface area contributed by atoms with Crippen molar-refractivity contribution >= 4 is 5.97 Å². The van der Waals surface area contributed by atoms with Crippen LogP contribution in [0.25, 0.3) is 0 Å². The van der Waals surface area contributed by atoms with Crippen LogP contribution in [-0.4, -0.2) is 19.2 Å². The van der Waals surface area contributed by atoms with E-state index in [0.29, 0.717) is 36.2 Å². The Balaban J connectivity index is 1.52. The number of para-hydroxylation sites is 1. The van der Waals surface area contributed by atoms with Gasteiger partial charge in [0.15, 0.2) is 0 Å². The Kier molecular flexibility index (Phi) is 7.28. The molecule has 4 nitrogen and oxygen atoms in total. The van der Waals surface area contributed by atoms with Crippen LogP contribution in [0.2, 0.25) is 0 Å². The second kappa shape index (κ2) is 10.3. The smallest absolute Gasteiger partial charge is 0.343 e. The lowest BCUT2D eigenvalue weighted by atomic mass is 9.99. The van der Waals surface area contributed by atoms with Crippen molar-refractivity contribution in [1.82, 2.24) is 0 Å². The van der Waals surface area contributed by atoms with Crippen molar-refractivity contribution in [3.05, 3.63) is 90.0 Å². The lowest BCUT2D eigenvalue weighted by Gasteiger charge is -2.11. The molecule has 0 fully saturated rings. The maximum atomic E-state index is 12.5. The molecule has 0 spiro atoms. The monoisotopic (exact) mass is 390 g/mol. The molecule has 0 aliphatic carbocycles. The second-order valence-electron chi connectivity index (χ2n) is 6.81. The molecule has 3 aromatic rings. The number of ether oxygens (including phenoxy) is 3. The highest BCUT2D eigenvalue weighted by Gasteiger charge is 2.11. The minimum atomic E-state index is -0.410. The first kappa shape index (κ1) is 20.5. The Morgan fingerprint density at radius 1 is 0.793 bits per heavy atom. The quantitative estimate of drug-likeness (QED) is 0.260. The molecule has 3 rings (SSSR count). The standard InChI is InChI=1S/C25H26O4/c1-3-19(2)20-12-14-23(15-13-20)29-25(26)21-8-7-11-24(18-21)28-17-16-27-22-9-5-4-6-10-22/h4-15,18-19H,3,16-17H2,1-2H3. The number of hydrogen-bond acceptors (Lipinski definition) is 4. The van der Waals surface area contributed by atoms with E-state index in [-0.39, 0.29) is 0 Å². The highest BCUT2D eigenvalue weighted by molar-refractivity contribution is 5.91. The Hall–Kier alpha value is -3.27. The Morgan fingerprint density at radius 2 is 1.45 bits per heavy atom. The summed E-state index contributed by atoms with van der Waals surface area (Å²) in [4.78, 5) is 12.5. The van der Waals surface area contributed by atoms with E-state index in [2.05, 4.69) is 13.8 Å². The van der Waals surface area contributed by atoms with Crippen molar-refractivity contribution < 1.29 is 19.0 Å². The van der Waals surface area contributed by atoms with E-state index in [1.165, 1.54) is 5.56 Å². The molecular weight excluding hydrogens is 364 g/mol. The van der Waals surface area contributed by atoms with Crippen molar-refractivity contribution in [3.63, 3.8) is 0 Å². The number of rotatable bonds is 9. The fourth-order valence-electron chi connectivity index (χ4n) is 2.81. The molecule has 0 aromatic heterocycles. The van der Waals surface area contributed by atoms with Gasteiger partial charge >= 0.3 is 5.97 Å². The predicted octanol–water partition coefficient (Wildman–Crippen LogP) is 5.88. The van der Waals surface area contributed by atoms with Crippen molar-refractivity contribution in [3.8, 4) is 17.2 Å². The lowest BCUT2D eigenvalue weighted by molar-refractivity contribution is 0.0734. The van der Waals surface area contributed by atoms with E-state index in [9.17, 15) is 4.79 Å². The summed E-state index contributed by atoms with van der Waals surface area (Å²) < 4.78 is 16.8. The normalized spacial score (nSPS) is 11.5. The largest absolute Gasteiger partial charge is 0.490 e. The first-order chi connectivity index (χ1) is 14.2. The van der Waals surface area contributed by atoms with Crippen molar-refractivity contribution in [2.45, 2.75) is 26.2 Å².